The van der Waals surface area contributed by atoms with Crippen molar-refractivity contribution >= 4 is 27.1 Å². The van der Waals surface area contributed by atoms with Crippen LogP contribution in [-0.4, -0.2) is 32.9 Å². The van der Waals surface area contributed by atoms with Crippen molar-refractivity contribution in [2.24, 2.45) is 13.0 Å². The molecule has 0 aliphatic heterocycles. The van der Waals surface area contributed by atoms with E-state index in [1.54, 1.807) is 12.3 Å². The van der Waals surface area contributed by atoms with E-state index in [2.05, 4.69) is 9.17 Å². The molecule has 3 aromatic rings. The van der Waals surface area contributed by atoms with Crippen molar-refractivity contribution in [1.29, 1.82) is 0 Å². The maximum Gasteiger partial charge on any atom is 1.00 e. The summed E-state index contributed by atoms with van der Waals surface area (Å²) in [6.07, 6.45) is 5.05. The molecule has 1 aliphatic rings. The summed E-state index contributed by atoms with van der Waals surface area (Å²) in [5.74, 6) is 0.731. The Bertz CT molecular complexity index is 1170. The number of fused-ring (bicyclic) bond motifs is 3. The van der Waals surface area contributed by atoms with Crippen molar-refractivity contribution in [1.82, 2.24) is 14.1 Å². The second kappa shape index (κ2) is 7.64. The van der Waals surface area contributed by atoms with Crippen molar-refractivity contribution in [2.75, 3.05) is 0 Å². The van der Waals surface area contributed by atoms with Gasteiger partial charge in [0.25, 0.3) is 10.4 Å². The van der Waals surface area contributed by atoms with E-state index in [1.165, 1.54) is 12.1 Å². The number of rotatable bonds is 4. The minimum atomic E-state index is -4.85. The summed E-state index contributed by atoms with van der Waals surface area (Å²) in [5.41, 5.74) is 2.24. The summed E-state index contributed by atoms with van der Waals surface area (Å²) >= 11 is 0. The van der Waals surface area contributed by atoms with E-state index >= 15 is 0 Å². The fourth-order valence-electron chi connectivity index (χ4n) is 3.86. The number of ketones is 1. The third kappa shape index (κ3) is 3.77. The van der Waals surface area contributed by atoms with Crippen LogP contribution in [0.15, 0.2) is 30.6 Å². The molecule has 0 radical (unpaired) electrons. The number of Topliss-reactive ketones (excluding diaryl/α,β-unsaturated/α-hetero) is 1. The van der Waals surface area contributed by atoms with Gasteiger partial charge in [-0.1, -0.05) is 0 Å². The Morgan fingerprint density at radius 1 is 1.36 bits per heavy atom. The standard InChI is InChI=1S/C18H19N3O5S.Na/c1-11-19-7-8-21(11)10-12-3-6-15-17(18(12)22)14-5-4-13(26-27(23,24)25)9-16(14)20(15)2;/h4-5,7-9,12H,3,6,10H2,1-2H3,(H,23,24,25);/q;+1/p-1. The molecule has 0 spiro atoms. The molecule has 0 bridgehead atoms. The smallest absolute Gasteiger partial charge is 0.716 e. The Hall–Kier alpha value is -1.65. The van der Waals surface area contributed by atoms with E-state index in [4.69, 9.17) is 0 Å². The fourth-order valence-corrected chi connectivity index (χ4v) is 4.20. The van der Waals surface area contributed by atoms with Crippen LogP contribution in [0.2, 0.25) is 0 Å². The number of carbonyl (C=O) groups excluding carboxylic acids is 1. The molecular weight excluding hydrogens is 393 g/mol. The third-order valence-corrected chi connectivity index (χ3v) is 5.58. The first-order chi connectivity index (χ1) is 12.7. The van der Waals surface area contributed by atoms with Crippen molar-refractivity contribution in [2.45, 2.75) is 26.3 Å². The van der Waals surface area contributed by atoms with Gasteiger partial charge in [0.1, 0.15) is 11.6 Å². The summed E-state index contributed by atoms with van der Waals surface area (Å²) in [6.45, 7) is 2.48. The van der Waals surface area contributed by atoms with Gasteiger partial charge in [0.15, 0.2) is 5.78 Å². The molecule has 0 amide bonds. The molecule has 1 atom stereocenters. The summed E-state index contributed by atoms with van der Waals surface area (Å²) in [4.78, 5) is 17.4. The van der Waals surface area contributed by atoms with Crippen molar-refractivity contribution in [3.05, 3.63) is 47.7 Å². The van der Waals surface area contributed by atoms with Gasteiger partial charge >= 0.3 is 29.6 Å². The first-order valence-electron chi connectivity index (χ1n) is 8.53. The Labute approximate surface area is 184 Å². The largest absolute Gasteiger partial charge is 1.00 e. The fraction of sp³-hybridized carbons (Fsp3) is 0.333. The zero-order valence-electron chi connectivity index (χ0n) is 15.9. The van der Waals surface area contributed by atoms with E-state index in [0.29, 0.717) is 17.6 Å². The van der Waals surface area contributed by atoms with Crippen LogP contribution in [0.1, 0.15) is 28.3 Å². The molecule has 8 nitrogen and oxygen atoms in total. The van der Waals surface area contributed by atoms with E-state index in [-0.39, 0.29) is 47.0 Å². The Balaban J connectivity index is 0.00000225. The van der Waals surface area contributed by atoms with Crippen molar-refractivity contribution < 1.29 is 51.5 Å². The van der Waals surface area contributed by atoms with Gasteiger partial charge in [-0.3, -0.25) is 4.79 Å². The monoisotopic (exact) mass is 411 g/mol. The molecule has 142 valence electrons. The minimum absolute atomic E-state index is 0. The second-order valence-electron chi connectivity index (χ2n) is 6.78. The quantitative estimate of drug-likeness (QED) is 0.309. The number of carbonyl (C=O) groups is 1. The van der Waals surface area contributed by atoms with Crippen molar-refractivity contribution in [3.63, 3.8) is 0 Å². The van der Waals surface area contributed by atoms with Gasteiger partial charge < -0.3 is 17.9 Å². The van der Waals surface area contributed by atoms with Crippen LogP contribution in [-0.2, 0) is 30.4 Å². The van der Waals surface area contributed by atoms with Gasteiger partial charge in [-0.15, -0.1) is 0 Å². The molecule has 1 aromatic carbocycles. The van der Waals surface area contributed by atoms with Crippen LogP contribution in [0.4, 0.5) is 0 Å². The molecule has 1 unspecified atom stereocenters. The summed E-state index contributed by atoms with van der Waals surface area (Å²) in [7, 11) is -3.02. The van der Waals surface area contributed by atoms with Gasteiger partial charge in [0.2, 0.25) is 0 Å². The average molecular weight is 411 g/mol. The predicted octanol–water partition coefficient (Wildman–Crippen LogP) is -1.03. The van der Waals surface area contributed by atoms with E-state index in [1.807, 2.05) is 29.3 Å². The summed E-state index contributed by atoms with van der Waals surface area (Å²) < 4.78 is 40.8. The predicted molar refractivity (Wildman–Crippen MR) is 96.3 cm³/mol. The molecule has 1 aliphatic carbocycles. The van der Waals surface area contributed by atoms with Crippen LogP contribution < -0.4 is 33.7 Å². The molecule has 0 N–H and O–H groups in total. The first-order valence-corrected chi connectivity index (χ1v) is 9.86. The van der Waals surface area contributed by atoms with Crippen molar-refractivity contribution in [3.8, 4) is 5.75 Å². The molecule has 10 heteroatoms. The molecule has 28 heavy (non-hydrogen) atoms. The minimum Gasteiger partial charge on any atom is -0.716 e. The van der Waals surface area contributed by atoms with Gasteiger partial charge in [0, 0.05) is 54.6 Å². The Kier molecular flexibility index (Phi) is 5.75. The van der Waals surface area contributed by atoms with Gasteiger partial charge in [0.05, 0.1) is 5.52 Å². The number of hydrogen-bond acceptors (Lipinski definition) is 6. The zero-order chi connectivity index (χ0) is 19.3. The first kappa shape index (κ1) is 21.1. The number of imidazole rings is 1. The van der Waals surface area contributed by atoms with Gasteiger partial charge in [-0.25, -0.2) is 13.4 Å². The zero-order valence-corrected chi connectivity index (χ0v) is 18.7. The SMILES string of the molecule is Cc1nccn1CC1CCc2c(c3ccc(OS(=O)(=O)[O-])cc3n2C)C1=O.[Na+]. The molecule has 0 saturated heterocycles. The normalized spacial score (nSPS) is 16.7. The summed E-state index contributed by atoms with van der Waals surface area (Å²) in [5, 5.41) is 0.736. The second-order valence-corrected chi connectivity index (χ2v) is 7.76. The maximum absolute atomic E-state index is 13.2. The number of hydrogen-bond donors (Lipinski definition) is 0. The molecule has 0 saturated carbocycles. The van der Waals surface area contributed by atoms with Crippen LogP contribution in [0.3, 0.4) is 0 Å². The van der Waals surface area contributed by atoms with Crippen LogP contribution >= 0.6 is 0 Å². The van der Waals surface area contributed by atoms with E-state index < -0.39 is 10.4 Å². The number of aryl methyl sites for hydroxylation is 2. The van der Waals surface area contributed by atoms with Crippen LogP contribution in [0, 0.1) is 12.8 Å². The van der Waals surface area contributed by atoms with Gasteiger partial charge in [-0.05, 0) is 31.9 Å². The topological polar surface area (TPSA) is 106 Å². The Morgan fingerprint density at radius 3 is 2.75 bits per heavy atom. The molecule has 4 rings (SSSR count). The third-order valence-electron chi connectivity index (χ3n) is 5.18. The number of aromatic nitrogens is 3. The number of benzene rings is 1. The van der Waals surface area contributed by atoms with Gasteiger partial charge in [-0.2, -0.15) is 0 Å². The molecular formula is C18H18N3NaO5S. The van der Waals surface area contributed by atoms with Crippen LogP contribution in [0.5, 0.6) is 5.75 Å². The molecule has 2 heterocycles. The summed E-state index contributed by atoms with van der Waals surface area (Å²) in [6, 6.07) is 4.51. The van der Waals surface area contributed by atoms with Crippen LogP contribution in [0.25, 0.3) is 10.9 Å². The van der Waals surface area contributed by atoms with E-state index in [9.17, 15) is 17.8 Å². The van der Waals surface area contributed by atoms with E-state index in [0.717, 1.165) is 29.7 Å². The molecule has 2 aromatic heterocycles. The molecule has 0 fully saturated rings. The maximum atomic E-state index is 13.2. The Morgan fingerprint density at radius 2 is 2.11 bits per heavy atom. The average Bonchev–Trinajstić information content (AvgIpc) is 3.11. The number of nitrogens with zero attached hydrogens (tertiary/aromatic N) is 3.